The average molecular weight is 186 g/mol. The third-order valence-electron chi connectivity index (χ3n) is 3.28. The smallest absolute Gasteiger partial charge is 0.0699 e. The summed E-state index contributed by atoms with van der Waals surface area (Å²) >= 11 is 0. The second kappa shape index (κ2) is 2.84. The van der Waals surface area contributed by atoms with Crippen molar-refractivity contribution in [1.29, 1.82) is 0 Å². The van der Waals surface area contributed by atoms with E-state index >= 15 is 0 Å². The van der Waals surface area contributed by atoms with Gasteiger partial charge in [0.2, 0.25) is 0 Å². The summed E-state index contributed by atoms with van der Waals surface area (Å²) in [6.45, 7) is 2.13. The van der Waals surface area contributed by atoms with E-state index in [4.69, 9.17) is 0 Å². The number of aromatic nitrogens is 2. The molecular weight excluding hydrogens is 172 g/mol. The van der Waals surface area contributed by atoms with Crippen LogP contribution in [0.25, 0.3) is 5.52 Å². The van der Waals surface area contributed by atoms with Gasteiger partial charge in [-0.1, -0.05) is 12.5 Å². The topological polar surface area (TPSA) is 17.3 Å². The molecule has 14 heavy (non-hydrogen) atoms. The molecule has 2 aromatic heterocycles. The molecule has 2 aromatic rings. The van der Waals surface area contributed by atoms with E-state index in [1.165, 1.54) is 36.0 Å². The molecule has 1 fully saturated rings. The van der Waals surface area contributed by atoms with E-state index in [1.807, 2.05) is 16.8 Å². The van der Waals surface area contributed by atoms with Crippen LogP contribution >= 0.6 is 0 Å². The zero-order valence-electron chi connectivity index (χ0n) is 8.40. The normalized spacial score (nSPS) is 17.2. The van der Waals surface area contributed by atoms with E-state index in [-0.39, 0.29) is 0 Å². The highest BCUT2D eigenvalue weighted by atomic mass is 15.2. The predicted octanol–water partition coefficient (Wildman–Crippen LogP) is 2.91. The van der Waals surface area contributed by atoms with Gasteiger partial charge in [-0.05, 0) is 37.8 Å². The highest BCUT2D eigenvalue weighted by Gasteiger charge is 2.24. The Hall–Kier alpha value is -1.31. The Balaban J connectivity index is 2.24. The lowest BCUT2D eigenvalue weighted by Gasteiger charge is -2.25. The van der Waals surface area contributed by atoms with Gasteiger partial charge < -0.3 is 0 Å². The number of aryl methyl sites for hydroxylation is 1. The first kappa shape index (κ1) is 8.04. The Morgan fingerprint density at radius 3 is 2.93 bits per heavy atom. The second-order valence-corrected chi connectivity index (χ2v) is 4.16. The fourth-order valence-electron chi connectivity index (χ4n) is 2.34. The first-order chi connectivity index (χ1) is 6.86. The highest BCUT2D eigenvalue weighted by Crippen LogP contribution is 2.39. The van der Waals surface area contributed by atoms with E-state index in [1.54, 1.807) is 0 Å². The van der Waals surface area contributed by atoms with Gasteiger partial charge in [-0.25, -0.2) is 4.52 Å². The molecule has 1 aliphatic carbocycles. The Morgan fingerprint density at radius 2 is 2.21 bits per heavy atom. The van der Waals surface area contributed by atoms with Crippen molar-refractivity contribution in [3.63, 3.8) is 0 Å². The molecule has 72 valence electrons. The first-order valence-corrected chi connectivity index (χ1v) is 5.30. The van der Waals surface area contributed by atoms with Crippen LogP contribution < -0.4 is 0 Å². The van der Waals surface area contributed by atoms with Crippen molar-refractivity contribution in [2.75, 3.05) is 0 Å². The van der Waals surface area contributed by atoms with Crippen LogP contribution in [0.3, 0.4) is 0 Å². The van der Waals surface area contributed by atoms with E-state index < -0.39 is 0 Å². The fourth-order valence-corrected chi connectivity index (χ4v) is 2.34. The van der Waals surface area contributed by atoms with Gasteiger partial charge in [-0.2, -0.15) is 5.10 Å². The van der Waals surface area contributed by atoms with Crippen molar-refractivity contribution in [2.45, 2.75) is 32.1 Å². The number of nitrogens with zero attached hydrogens (tertiary/aromatic N) is 2. The largest absolute Gasteiger partial charge is 0.240 e. The molecule has 2 heteroatoms. The average Bonchev–Trinajstić information content (AvgIpc) is 2.41. The molecule has 1 saturated carbocycles. The standard InChI is InChI=1S/C12H14N2/c1-9-12(10-5-4-6-10)11-7-2-3-8-14(11)13-9/h2-3,7-8,10H,4-6H2,1H3. The van der Waals surface area contributed by atoms with Gasteiger partial charge in [0.15, 0.2) is 0 Å². The van der Waals surface area contributed by atoms with E-state index in [0.29, 0.717) is 0 Å². The van der Waals surface area contributed by atoms with Crippen molar-refractivity contribution >= 4 is 5.52 Å². The van der Waals surface area contributed by atoms with Gasteiger partial charge in [0.05, 0.1) is 11.2 Å². The SMILES string of the molecule is Cc1nn2ccccc2c1C1CCC1. The van der Waals surface area contributed by atoms with Gasteiger partial charge in [0, 0.05) is 11.8 Å². The van der Waals surface area contributed by atoms with Gasteiger partial charge in [0.25, 0.3) is 0 Å². The number of fused-ring (bicyclic) bond motifs is 1. The summed E-state index contributed by atoms with van der Waals surface area (Å²) in [5, 5.41) is 4.53. The molecule has 3 rings (SSSR count). The van der Waals surface area contributed by atoms with Crippen LogP contribution in [0.2, 0.25) is 0 Å². The summed E-state index contributed by atoms with van der Waals surface area (Å²) in [5.74, 6) is 0.773. The molecule has 0 atom stereocenters. The molecule has 2 heterocycles. The van der Waals surface area contributed by atoms with E-state index in [2.05, 4.69) is 24.2 Å². The van der Waals surface area contributed by atoms with E-state index in [0.717, 1.165) is 5.92 Å². The Bertz CT molecular complexity index is 466. The van der Waals surface area contributed by atoms with Gasteiger partial charge in [-0.15, -0.1) is 0 Å². The van der Waals surface area contributed by atoms with Crippen molar-refractivity contribution in [3.05, 3.63) is 35.7 Å². The lowest BCUT2D eigenvalue weighted by molar-refractivity contribution is 0.420. The summed E-state index contributed by atoms with van der Waals surface area (Å²) < 4.78 is 2.00. The maximum Gasteiger partial charge on any atom is 0.0699 e. The van der Waals surface area contributed by atoms with Crippen LogP contribution in [0, 0.1) is 6.92 Å². The van der Waals surface area contributed by atoms with Crippen LogP contribution in [0.5, 0.6) is 0 Å². The minimum Gasteiger partial charge on any atom is -0.240 e. The molecule has 0 aromatic carbocycles. The van der Waals surface area contributed by atoms with Crippen LogP contribution in [0.1, 0.15) is 36.4 Å². The molecule has 2 nitrogen and oxygen atoms in total. The molecule has 0 amide bonds. The van der Waals surface area contributed by atoms with Crippen molar-refractivity contribution in [3.8, 4) is 0 Å². The Kier molecular flexibility index (Phi) is 1.63. The first-order valence-electron chi connectivity index (χ1n) is 5.30. The number of pyridine rings is 1. The predicted molar refractivity (Wildman–Crippen MR) is 56.5 cm³/mol. The lowest BCUT2D eigenvalue weighted by atomic mass is 9.79. The maximum absolute atomic E-state index is 4.53. The van der Waals surface area contributed by atoms with Crippen LogP contribution in [-0.2, 0) is 0 Å². The summed E-state index contributed by atoms with van der Waals surface area (Å²) in [6.07, 6.45) is 6.10. The summed E-state index contributed by atoms with van der Waals surface area (Å²) in [7, 11) is 0. The number of rotatable bonds is 1. The molecule has 0 unspecified atom stereocenters. The lowest BCUT2D eigenvalue weighted by Crippen LogP contribution is -2.09. The Labute approximate surface area is 83.6 Å². The summed E-state index contributed by atoms with van der Waals surface area (Å²) in [5.41, 5.74) is 3.99. The van der Waals surface area contributed by atoms with Crippen LogP contribution in [0.4, 0.5) is 0 Å². The molecule has 0 N–H and O–H groups in total. The third kappa shape index (κ3) is 0.999. The molecule has 0 aliphatic heterocycles. The van der Waals surface area contributed by atoms with Gasteiger partial charge in [0.1, 0.15) is 0 Å². The molecule has 1 aliphatic rings. The van der Waals surface area contributed by atoms with E-state index in [9.17, 15) is 0 Å². The summed E-state index contributed by atoms with van der Waals surface area (Å²) in [6, 6.07) is 6.30. The van der Waals surface area contributed by atoms with Gasteiger partial charge in [-0.3, -0.25) is 0 Å². The molecule has 0 saturated heterocycles. The maximum atomic E-state index is 4.53. The quantitative estimate of drug-likeness (QED) is 0.669. The minimum atomic E-state index is 0.773. The minimum absolute atomic E-state index is 0.773. The van der Waals surface area contributed by atoms with Crippen molar-refractivity contribution < 1.29 is 0 Å². The highest BCUT2D eigenvalue weighted by molar-refractivity contribution is 5.58. The van der Waals surface area contributed by atoms with Gasteiger partial charge >= 0.3 is 0 Å². The second-order valence-electron chi connectivity index (χ2n) is 4.16. The molecule has 0 radical (unpaired) electrons. The number of hydrogen-bond donors (Lipinski definition) is 0. The Morgan fingerprint density at radius 1 is 1.36 bits per heavy atom. The molecular formula is C12H14N2. The van der Waals surface area contributed by atoms with Crippen molar-refractivity contribution in [2.24, 2.45) is 0 Å². The third-order valence-corrected chi connectivity index (χ3v) is 3.28. The zero-order chi connectivity index (χ0) is 9.54. The van der Waals surface area contributed by atoms with Crippen LogP contribution in [0.15, 0.2) is 24.4 Å². The zero-order valence-corrected chi connectivity index (χ0v) is 8.40. The molecule has 0 spiro atoms. The fraction of sp³-hybridized carbons (Fsp3) is 0.417. The van der Waals surface area contributed by atoms with Crippen LogP contribution in [-0.4, -0.2) is 9.61 Å². The summed E-state index contributed by atoms with van der Waals surface area (Å²) in [4.78, 5) is 0. The van der Waals surface area contributed by atoms with Crippen molar-refractivity contribution in [1.82, 2.24) is 9.61 Å². The monoisotopic (exact) mass is 186 g/mol. The molecule has 0 bridgehead atoms. The number of hydrogen-bond acceptors (Lipinski definition) is 1.